The number of nitrogens with one attached hydrogen (secondary N) is 1. The molecule has 0 bridgehead atoms. The lowest BCUT2D eigenvalue weighted by Crippen LogP contribution is -2.36. The first-order valence-electron chi connectivity index (χ1n) is 7.08. The Bertz CT molecular complexity index is 580. The van der Waals surface area contributed by atoms with E-state index in [1.807, 2.05) is 19.1 Å². The molecule has 112 valence electrons. The van der Waals surface area contributed by atoms with E-state index in [2.05, 4.69) is 34.3 Å². The Hall–Kier alpha value is -2.24. The van der Waals surface area contributed by atoms with Crippen molar-refractivity contribution in [1.82, 2.24) is 20.4 Å². The van der Waals surface area contributed by atoms with E-state index in [1.165, 1.54) is 0 Å². The molecule has 1 amide bonds. The first kappa shape index (κ1) is 15.2. The van der Waals surface area contributed by atoms with Gasteiger partial charge in [0.1, 0.15) is 0 Å². The molecule has 21 heavy (non-hydrogen) atoms. The second-order valence-electron chi connectivity index (χ2n) is 5.35. The number of carbonyl (C=O) groups is 1. The molecular formula is C15H20N4O2. The van der Waals surface area contributed by atoms with E-state index in [9.17, 15) is 4.79 Å². The standard InChI is InChI=1S/C15H20N4O2/c1-10(2)11(3)17-13(20)6-7-14-18-15(19-21-14)12-5-4-8-16-9-12/h4-5,8-11H,6-7H2,1-3H3,(H,17,20). The maximum atomic E-state index is 11.8. The van der Waals surface area contributed by atoms with Crippen LogP contribution in [0.15, 0.2) is 29.0 Å². The van der Waals surface area contributed by atoms with Gasteiger partial charge in [-0.15, -0.1) is 0 Å². The second-order valence-corrected chi connectivity index (χ2v) is 5.35. The van der Waals surface area contributed by atoms with E-state index in [-0.39, 0.29) is 11.9 Å². The minimum Gasteiger partial charge on any atom is -0.353 e. The van der Waals surface area contributed by atoms with E-state index in [4.69, 9.17) is 4.52 Å². The fraction of sp³-hybridized carbons (Fsp3) is 0.467. The lowest BCUT2D eigenvalue weighted by Gasteiger charge is -2.16. The average molecular weight is 288 g/mol. The Kier molecular flexibility index (Phi) is 5.03. The van der Waals surface area contributed by atoms with Crippen LogP contribution in [0.5, 0.6) is 0 Å². The molecule has 0 spiro atoms. The van der Waals surface area contributed by atoms with Gasteiger partial charge in [-0.05, 0) is 25.0 Å². The van der Waals surface area contributed by atoms with Gasteiger partial charge in [0.25, 0.3) is 0 Å². The summed E-state index contributed by atoms with van der Waals surface area (Å²) in [5, 5.41) is 6.84. The van der Waals surface area contributed by atoms with Gasteiger partial charge in [-0.25, -0.2) is 0 Å². The molecule has 0 radical (unpaired) electrons. The average Bonchev–Trinajstić information content (AvgIpc) is 2.95. The van der Waals surface area contributed by atoms with E-state index in [0.717, 1.165) is 5.56 Å². The highest BCUT2D eigenvalue weighted by molar-refractivity contribution is 5.76. The van der Waals surface area contributed by atoms with Crippen LogP contribution < -0.4 is 5.32 Å². The molecule has 1 N–H and O–H groups in total. The van der Waals surface area contributed by atoms with Gasteiger partial charge in [-0.3, -0.25) is 9.78 Å². The second kappa shape index (κ2) is 6.97. The maximum absolute atomic E-state index is 11.8. The van der Waals surface area contributed by atoms with Gasteiger partial charge < -0.3 is 9.84 Å². The monoisotopic (exact) mass is 288 g/mol. The molecule has 6 nitrogen and oxygen atoms in total. The lowest BCUT2D eigenvalue weighted by atomic mass is 10.1. The van der Waals surface area contributed by atoms with Crippen LogP contribution in [0, 0.1) is 5.92 Å². The van der Waals surface area contributed by atoms with Gasteiger partial charge in [0.2, 0.25) is 17.6 Å². The predicted octanol–water partition coefficient (Wildman–Crippen LogP) is 2.22. The largest absolute Gasteiger partial charge is 0.353 e. The van der Waals surface area contributed by atoms with Crippen molar-refractivity contribution >= 4 is 5.91 Å². The van der Waals surface area contributed by atoms with Gasteiger partial charge in [0.05, 0.1) is 0 Å². The molecule has 2 aromatic heterocycles. The van der Waals surface area contributed by atoms with Crippen LogP contribution >= 0.6 is 0 Å². The van der Waals surface area contributed by atoms with Crippen molar-refractivity contribution < 1.29 is 9.32 Å². The topological polar surface area (TPSA) is 80.9 Å². The van der Waals surface area contributed by atoms with Crippen molar-refractivity contribution in [2.75, 3.05) is 0 Å². The number of amides is 1. The molecule has 1 atom stereocenters. The molecule has 2 aromatic rings. The zero-order valence-electron chi connectivity index (χ0n) is 12.5. The van der Waals surface area contributed by atoms with Gasteiger partial charge in [-0.2, -0.15) is 4.98 Å². The van der Waals surface area contributed by atoms with Gasteiger partial charge in [0, 0.05) is 36.8 Å². The zero-order chi connectivity index (χ0) is 15.2. The summed E-state index contributed by atoms with van der Waals surface area (Å²) in [6, 6.07) is 3.83. The summed E-state index contributed by atoms with van der Waals surface area (Å²) in [5.74, 6) is 1.36. The third-order valence-electron chi connectivity index (χ3n) is 3.34. The molecule has 0 aliphatic rings. The van der Waals surface area contributed by atoms with Crippen LogP contribution in [0.4, 0.5) is 0 Å². The molecule has 6 heteroatoms. The summed E-state index contributed by atoms with van der Waals surface area (Å²) in [6.07, 6.45) is 4.13. The van der Waals surface area contributed by atoms with Gasteiger partial charge >= 0.3 is 0 Å². The Balaban J connectivity index is 1.87. The Morgan fingerprint density at radius 2 is 2.19 bits per heavy atom. The summed E-state index contributed by atoms with van der Waals surface area (Å²) in [6.45, 7) is 6.14. The van der Waals surface area contributed by atoms with Crippen LogP contribution in [-0.2, 0) is 11.2 Å². The number of aryl methyl sites for hydroxylation is 1. The molecule has 0 aliphatic carbocycles. The molecular weight excluding hydrogens is 268 g/mol. The summed E-state index contributed by atoms with van der Waals surface area (Å²) < 4.78 is 5.15. The Morgan fingerprint density at radius 3 is 2.86 bits per heavy atom. The van der Waals surface area contributed by atoms with E-state index in [1.54, 1.807) is 12.4 Å². The fourth-order valence-corrected chi connectivity index (χ4v) is 1.68. The minimum atomic E-state index is -0.00247. The van der Waals surface area contributed by atoms with E-state index in [0.29, 0.717) is 30.5 Å². The normalized spacial score (nSPS) is 12.4. The first-order chi connectivity index (χ1) is 10.1. The van der Waals surface area contributed by atoms with E-state index < -0.39 is 0 Å². The van der Waals surface area contributed by atoms with Crippen molar-refractivity contribution in [2.24, 2.45) is 5.92 Å². The lowest BCUT2D eigenvalue weighted by molar-refractivity contribution is -0.122. The van der Waals surface area contributed by atoms with E-state index >= 15 is 0 Å². The summed E-state index contributed by atoms with van der Waals surface area (Å²) in [7, 11) is 0. The Morgan fingerprint density at radius 1 is 1.38 bits per heavy atom. The molecule has 2 rings (SSSR count). The zero-order valence-corrected chi connectivity index (χ0v) is 12.5. The summed E-state index contributed by atoms with van der Waals surface area (Å²) in [4.78, 5) is 20.1. The van der Waals surface area contributed by atoms with Crippen LogP contribution in [-0.4, -0.2) is 27.1 Å². The minimum absolute atomic E-state index is 0.00247. The highest BCUT2D eigenvalue weighted by Crippen LogP contribution is 2.14. The first-order valence-corrected chi connectivity index (χ1v) is 7.08. The molecule has 1 unspecified atom stereocenters. The quantitative estimate of drug-likeness (QED) is 0.881. The summed E-state index contributed by atoms with van der Waals surface area (Å²) >= 11 is 0. The molecule has 0 aromatic carbocycles. The molecule has 0 fully saturated rings. The number of rotatable bonds is 6. The fourth-order valence-electron chi connectivity index (χ4n) is 1.68. The third kappa shape index (κ3) is 4.37. The number of carbonyl (C=O) groups excluding carboxylic acids is 1. The van der Waals surface area contributed by atoms with Gasteiger partial charge in [-0.1, -0.05) is 19.0 Å². The third-order valence-corrected chi connectivity index (χ3v) is 3.34. The highest BCUT2D eigenvalue weighted by atomic mass is 16.5. The number of nitrogens with zero attached hydrogens (tertiary/aromatic N) is 3. The van der Waals surface area contributed by atoms with Crippen LogP contribution in [0.25, 0.3) is 11.4 Å². The molecule has 2 heterocycles. The number of hydrogen-bond donors (Lipinski definition) is 1. The van der Waals surface area contributed by atoms with Crippen LogP contribution in [0.3, 0.4) is 0 Å². The van der Waals surface area contributed by atoms with Crippen molar-refractivity contribution in [1.29, 1.82) is 0 Å². The van der Waals surface area contributed by atoms with Crippen LogP contribution in [0.1, 0.15) is 33.1 Å². The maximum Gasteiger partial charge on any atom is 0.227 e. The van der Waals surface area contributed by atoms with Crippen LogP contribution in [0.2, 0.25) is 0 Å². The Labute approximate surface area is 124 Å². The van der Waals surface area contributed by atoms with Crippen molar-refractivity contribution in [2.45, 2.75) is 39.7 Å². The smallest absolute Gasteiger partial charge is 0.227 e. The number of aromatic nitrogens is 3. The van der Waals surface area contributed by atoms with Crippen molar-refractivity contribution in [3.63, 3.8) is 0 Å². The molecule has 0 aliphatic heterocycles. The summed E-state index contributed by atoms with van der Waals surface area (Å²) in [5.41, 5.74) is 0.797. The molecule has 0 saturated carbocycles. The highest BCUT2D eigenvalue weighted by Gasteiger charge is 2.13. The van der Waals surface area contributed by atoms with Gasteiger partial charge in [0.15, 0.2) is 0 Å². The number of hydrogen-bond acceptors (Lipinski definition) is 5. The predicted molar refractivity (Wildman–Crippen MR) is 78.3 cm³/mol. The van der Waals surface area contributed by atoms with Crippen molar-refractivity contribution in [3.05, 3.63) is 30.4 Å². The SMILES string of the molecule is CC(C)C(C)NC(=O)CCc1nc(-c2cccnc2)no1. The number of pyridine rings is 1. The van der Waals surface area contributed by atoms with Crippen molar-refractivity contribution in [3.8, 4) is 11.4 Å². The molecule has 0 saturated heterocycles.